The van der Waals surface area contributed by atoms with Crippen LogP contribution in [-0.2, 0) is 17.8 Å². The van der Waals surface area contributed by atoms with E-state index in [-0.39, 0.29) is 0 Å². The third kappa shape index (κ3) is 3.33. The number of nitrogens with zero attached hydrogens (tertiary/aromatic N) is 3. The number of hydrogen-bond donors (Lipinski definition) is 1. The summed E-state index contributed by atoms with van der Waals surface area (Å²) in [5.41, 5.74) is 2.11. The third-order valence-corrected chi connectivity index (χ3v) is 4.01. The van der Waals surface area contributed by atoms with Crippen LogP contribution in [0.2, 0.25) is 0 Å². The number of thiazole rings is 1. The normalized spacial score (nSPS) is 18.9. The van der Waals surface area contributed by atoms with Crippen molar-refractivity contribution in [3.05, 3.63) is 28.5 Å². The van der Waals surface area contributed by atoms with Crippen LogP contribution in [0.5, 0.6) is 0 Å². The highest BCUT2D eigenvalue weighted by Gasteiger charge is 2.16. The van der Waals surface area contributed by atoms with E-state index in [1.165, 1.54) is 6.42 Å². The maximum atomic E-state index is 5.61. The number of aromatic nitrogens is 3. The molecule has 0 spiro atoms. The maximum absolute atomic E-state index is 5.61. The minimum Gasteiger partial charge on any atom is -0.377 e. The average molecular weight is 278 g/mol. The van der Waals surface area contributed by atoms with E-state index in [2.05, 4.69) is 20.8 Å². The van der Waals surface area contributed by atoms with Gasteiger partial charge in [-0.1, -0.05) is 0 Å². The number of ether oxygens (including phenoxy) is 1. The fraction of sp³-hybridized carbons (Fsp3) is 0.538. The highest BCUT2D eigenvalue weighted by molar-refractivity contribution is 7.09. The Morgan fingerprint density at radius 2 is 2.53 bits per heavy atom. The SMILES string of the molecule is Cc1nc(CNc2cnn(CC3CCCO3)c2)cs1. The Bertz CT molecular complexity index is 530. The van der Waals surface area contributed by atoms with Crippen LogP contribution in [0.15, 0.2) is 17.8 Å². The Morgan fingerprint density at radius 3 is 3.26 bits per heavy atom. The van der Waals surface area contributed by atoms with Crippen molar-refractivity contribution in [3.63, 3.8) is 0 Å². The molecule has 6 heteroatoms. The predicted molar refractivity (Wildman–Crippen MR) is 75.4 cm³/mol. The average Bonchev–Trinajstić information content (AvgIpc) is 3.10. The van der Waals surface area contributed by atoms with Gasteiger partial charge in [0, 0.05) is 18.2 Å². The first-order chi connectivity index (χ1) is 9.29. The van der Waals surface area contributed by atoms with Crippen molar-refractivity contribution in [1.29, 1.82) is 0 Å². The van der Waals surface area contributed by atoms with E-state index in [1.54, 1.807) is 11.3 Å². The van der Waals surface area contributed by atoms with Gasteiger partial charge in [0.15, 0.2) is 0 Å². The van der Waals surface area contributed by atoms with Gasteiger partial charge in [0.1, 0.15) is 0 Å². The quantitative estimate of drug-likeness (QED) is 0.912. The lowest BCUT2D eigenvalue weighted by atomic mass is 10.2. The molecule has 0 bridgehead atoms. The first-order valence-corrected chi connectivity index (χ1v) is 7.46. The lowest BCUT2D eigenvalue weighted by Gasteiger charge is -2.08. The molecule has 1 atom stereocenters. The van der Waals surface area contributed by atoms with Crippen molar-refractivity contribution in [2.75, 3.05) is 11.9 Å². The lowest BCUT2D eigenvalue weighted by molar-refractivity contribution is 0.0940. The van der Waals surface area contributed by atoms with Crippen molar-refractivity contribution in [3.8, 4) is 0 Å². The van der Waals surface area contributed by atoms with Gasteiger partial charge in [0.25, 0.3) is 0 Å². The largest absolute Gasteiger partial charge is 0.377 e. The molecule has 0 saturated carbocycles. The molecule has 1 aliphatic rings. The molecular formula is C13H18N4OS. The molecular weight excluding hydrogens is 260 g/mol. The molecule has 0 aliphatic carbocycles. The Hall–Kier alpha value is -1.40. The fourth-order valence-electron chi connectivity index (χ4n) is 2.23. The van der Waals surface area contributed by atoms with Gasteiger partial charge in [-0.15, -0.1) is 11.3 Å². The lowest BCUT2D eigenvalue weighted by Crippen LogP contribution is -2.15. The molecule has 1 N–H and O–H groups in total. The van der Waals surface area contributed by atoms with Crippen molar-refractivity contribution >= 4 is 17.0 Å². The van der Waals surface area contributed by atoms with Crippen LogP contribution in [0.1, 0.15) is 23.5 Å². The summed E-state index contributed by atoms with van der Waals surface area (Å²) >= 11 is 1.68. The van der Waals surface area contributed by atoms with Crippen LogP contribution in [0.25, 0.3) is 0 Å². The molecule has 102 valence electrons. The molecule has 3 heterocycles. The standard InChI is InChI=1S/C13H18N4OS/c1-10-16-12(9-19-10)5-14-11-6-15-17(7-11)8-13-3-2-4-18-13/h6-7,9,13-14H,2-5,8H2,1H3. The van der Waals surface area contributed by atoms with Crippen LogP contribution in [0, 0.1) is 6.92 Å². The number of hydrogen-bond acceptors (Lipinski definition) is 5. The molecule has 1 saturated heterocycles. The van der Waals surface area contributed by atoms with E-state index in [9.17, 15) is 0 Å². The fourth-order valence-corrected chi connectivity index (χ4v) is 2.85. The van der Waals surface area contributed by atoms with Gasteiger partial charge in [0.05, 0.1) is 41.8 Å². The smallest absolute Gasteiger partial charge is 0.0898 e. The summed E-state index contributed by atoms with van der Waals surface area (Å²) < 4.78 is 7.56. The van der Waals surface area contributed by atoms with Crippen LogP contribution < -0.4 is 5.32 Å². The van der Waals surface area contributed by atoms with Gasteiger partial charge in [-0.2, -0.15) is 5.10 Å². The summed E-state index contributed by atoms with van der Waals surface area (Å²) in [7, 11) is 0. The highest BCUT2D eigenvalue weighted by Crippen LogP contribution is 2.15. The van der Waals surface area contributed by atoms with Crippen LogP contribution in [0.4, 0.5) is 5.69 Å². The Labute approximate surface area is 116 Å². The summed E-state index contributed by atoms with van der Waals surface area (Å²) in [4.78, 5) is 4.42. The van der Waals surface area contributed by atoms with Crippen molar-refractivity contribution in [1.82, 2.24) is 14.8 Å². The third-order valence-electron chi connectivity index (χ3n) is 3.19. The molecule has 2 aromatic heterocycles. The van der Waals surface area contributed by atoms with Gasteiger partial charge in [-0.3, -0.25) is 4.68 Å². The number of nitrogens with one attached hydrogen (secondary N) is 1. The molecule has 0 radical (unpaired) electrons. The maximum Gasteiger partial charge on any atom is 0.0898 e. The second-order valence-electron chi connectivity index (χ2n) is 4.80. The minimum absolute atomic E-state index is 0.328. The molecule has 5 nitrogen and oxygen atoms in total. The van der Waals surface area contributed by atoms with Gasteiger partial charge in [-0.05, 0) is 19.8 Å². The van der Waals surface area contributed by atoms with E-state index < -0.39 is 0 Å². The topological polar surface area (TPSA) is 52.0 Å². The van der Waals surface area contributed by atoms with E-state index >= 15 is 0 Å². The zero-order valence-corrected chi connectivity index (χ0v) is 11.8. The first kappa shape index (κ1) is 12.6. The van der Waals surface area contributed by atoms with E-state index in [4.69, 9.17) is 4.74 Å². The van der Waals surface area contributed by atoms with Crippen molar-refractivity contribution in [2.24, 2.45) is 0 Å². The summed E-state index contributed by atoms with van der Waals surface area (Å²) in [5, 5.41) is 10.9. The molecule has 1 fully saturated rings. The molecule has 1 aliphatic heterocycles. The van der Waals surface area contributed by atoms with Crippen LogP contribution in [0.3, 0.4) is 0 Å². The highest BCUT2D eigenvalue weighted by atomic mass is 32.1. The Kier molecular flexibility index (Phi) is 3.79. The van der Waals surface area contributed by atoms with Gasteiger partial charge in [0.2, 0.25) is 0 Å². The second-order valence-corrected chi connectivity index (χ2v) is 5.86. The number of rotatable bonds is 5. The van der Waals surface area contributed by atoms with Crippen molar-refractivity contribution < 1.29 is 4.74 Å². The molecule has 19 heavy (non-hydrogen) atoms. The minimum atomic E-state index is 0.328. The number of aryl methyl sites for hydroxylation is 1. The zero-order valence-electron chi connectivity index (χ0n) is 11.0. The molecule has 0 aromatic carbocycles. The number of anilines is 1. The van der Waals surface area contributed by atoms with Crippen LogP contribution in [-0.4, -0.2) is 27.5 Å². The predicted octanol–water partition coefficient (Wildman–Crippen LogP) is 2.44. The van der Waals surface area contributed by atoms with E-state index in [1.807, 2.05) is 24.0 Å². The molecule has 2 aromatic rings. The van der Waals surface area contributed by atoms with E-state index in [0.717, 1.165) is 42.5 Å². The summed E-state index contributed by atoms with van der Waals surface area (Å²) in [5.74, 6) is 0. The second kappa shape index (κ2) is 5.71. The summed E-state index contributed by atoms with van der Waals surface area (Å²) in [6, 6.07) is 0. The summed E-state index contributed by atoms with van der Waals surface area (Å²) in [6.45, 7) is 4.50. The monoisotopic (exact) mass is 278 g/mol. The van der Waals surface area contributed by atoms with Crippen LogP contribution >= 0.6 is 11.3 Å². The van der Waals surface area contributed by atoms with Gasteiger partial charge in [-0.25, -0.2) is 4.98 Å². The molecule has 3 rings (SSSR count). The van der Waals surface area contributed by atoms with Gasteiger partial charge >= 0.3 is 0 Å². The van der Waals surface area contributed by atoms with Crippen molar-refractivity contribution in [2.45, 2.75) is 39.0 Å². The zero-order chi connectivity index (χ0) is 13.1. The molecule has 0 amide bonds. The Balaban J connectivity index is 1.52. The first-order valence-electron chi connectivity index (χ1n) is 6.58. The van der Waals surface area contributed by atoms with E-state index in [0.29, 0.717) is 6.10 Å². The Morgan fingerprint density at radius 1 is 1.58 bits per heavy atom. The summed E-state index contributed by atoms with van der Waals surface area (Å²) in [6.07, 6.45) is 6.52. The molecule has 1 unspecified atom stereocenters. The van der Waals surface area contributed by atoms with Gasteiger partial charge < -0.3 is 10.1 Å².